The summed E-state index contributed by atoms with van der Waals surface area (Å²) in [6, 6.07) is -0.203. The van der Waals surface area contributed by atoms with E-state index >= 15 is 0 Å². The van der Waals surface area contributed by atoms with Crippen LogP contribution in [-0.4, -0.2) is 25.7 Å². The second-order valence-electron chi connectivity index (χ2n) is 2.52. The molecule has 4 N–H and O–H groups in total. The summed E-state index contributed by atoms with van der Waals surface area (Å²) in [5, 5.41) is 0. The summed E-state index contributed by atoms with van der Waals surface area (Å²) in [4.78, 5) is 0. The lowest BCUT2D eigenvalue weighted by atomic mass is 10.1. The molecule has 0 aromatic carbocycles. The number of ether oxygens (including phenoxy) is 2. The van der Waals surface area contributed by atoms with Gasteiger partial charge >= 0.3 is 0 Å². The molecular weight excluding hydrogens is 132 g/mol. The second-order valence-corrected chi connectivity index (χ2v) is 2.52. The van der Waals surface area contributed by atoms with E-state index in [9.17, 15) is 0 Å². The van der Waals surface area contributed by atoms with Crippen LogP contribution in [0.5, 0.6) is 0 Å². The molecule has 0 spiro atoms. The lowest BCUT2D eigenvalue weighted by Crippen LogP contribution is -2.60. The van der Waals surface area contributed by atoms with Gasteiger partial charge in [-0.1, -0.05) is 0 Å². The van der Waals surface area contributed by atoms with Crippen molar-refractivity contribution in [3.63, 3.8) is 0 Å². The third-order valence-corrected chi connectivity index (χ3v) is 1.82. The maximum Gasteiger partial charge on any atom is 0.240 e. The average molecular weight is 146 g/mol. The lowest BCUT2D eigenvalue weighted by molar-refractivity contribution is -0.247. The van der Waals surface area contributed by atoms with Gasteiger partial charge in [0.05, 0.1) is 12.6 Å². The van der Waals surface area contributed by atoms with Gasteiger partial charge in [-0.3, -0.25) is 5.73 Å². The Morgan fingerprint density at radius 2 is 2.40 bits per heavy atom. The van der Waals surface area contributed by atoms with Crippen molar-refractivity contribution >= 4 is 0 Å². The molecule has 1 aliphatic rings. The van der Waals surface area contributed by atoms with Crippen molar-refractivity contribution in [3.05, 3.63) is 0 Å². The van der Waals surface area contributed by atoms with Gasteiger partial charge in [-0.2, -0.15) is 0 Å². The zero-order chi connectivity index (χ0) is 7.61. The quantitative estimate of drug-likeness (QED) is 0.484. The third kappa shape index (κ3) is 1.29. The van der Waals surface area contributed by atoms with Crippen molar-refractivity contribution in [2.24, 2.45) is 11.5 Å². The minimum atomic E-state index is -1.04. The summed E-state index contributed by atoms with van der Waals surface area (Å²) in [5.41, 5.74) is 11.3. The lowest BCUT2D eigenvalue weighted by Gasteiger charge is -2.36. The molecule has 2 unspecified atom stereocenters. The van der Waals surface area contributed by atoms with Crippen molar-refractivity contribution in [1.29, 1.82) is 0 Å². The van der Waals surface area contributed by atoms with Gasteiger partial charge in [0.2, 0.25) is 5.91 Å². The van der Waals surface area contributed by atoms with E-state index in [1.807, 2.05) is 0 Å². The fraction of sp³-hybridized carbons (Fsp3) is 1.00. The molecule has 0 amide bonds. The number of nitrogens with two attached hydrogens (primary N) is 2. The molecule has 0 bridgehead atoms. The first-order valence-electron chi connectivity index (χ1n) is 3.42. The summed E-state index contributed by atoms with van der Waals surface area (Å²) >= 11 is 0. The van der Waals surface area contributed by atoms with Gasteiger partial charge in [0, 0.05) is 7.11 Å². The highest BCUT2D eigenvalue weighted by Crippen LogP contribution is 2.18. The molecule has 4 heteroatoms. The van der Waals surface area contributed by atoms with Gasteiger partial charge in [-0.05, 0) is 12.8 Å². The molecule has 1 heterocycles. The van der Waals surface area contributed by atoms with Crippen molar-refractivity contribution in [1.82, 2.24) is 0 Å². The monoisotopic (exact) mass is 146 g/mol. The van der Waals surface area contributed by atoms with E-state index in [-0.39, 0.29) is 6.04 Å². The summed E-state index contributed by atoms with van der Waals surface area (Å²) < 4.78 is 10.1. The van der Waals surface area contributed by atoms with E-state index < -0.39 is 5.91 Å². The fourth-order valence-corrected chi connectivity index (χ4v) is 1.05. The molecule has 0 saturated carbocycles. The zero-order valence-corrected chi connectivity index (χ0v) is 6.17. The Morgan fingerprint density at radius 1 is 1.70 bits per heavy atom. The van der Waals surface area contributed by atoms with Crippen LogP contribution in [0.1, 0.15) is 12.8 Å². The number of rotatable bonds is 1. The van der Waals surface area contributed by atoms with E-state index in [2.05, 4.69) is 0 Å². The summed E-state index contributed by atoms with van der Waals surface area (Å²) in [5.74, 6) is -1.04. The first kappa shape index (κ1) is 7.94. The normalized spacial score (nSPS) is 41.7. The summed E-state index contributed by atoms with van der Waals surface area (Å²) in [7, 11) is 1.51. The van der Waals surface area contributed by atoms with Crippen LogP contribution in [0.25, 0.3) is 0 Å². The molecule has 0 radical (unpaired) electrons. The molecule has 0 aliphatic carbocycles. The second kappa shape index (κ2) is 2.84. The van der Waals surface area contributed by atoms with Crippen molar-refractivity contribution in [3.8, 4) is 0 Å². The van der Waals surface area contributed by atoms with Crippen molar-refractivity contribution in [2.75, 3.05) is 13.7 Å². The predicted molar refractivity (Wildman–Crippen MR) is 37.1 cm³/mol. The van der Waals surface area contributed by atoms with Gasteiger partial charge in [-0.15, -0.1) is 0 Å². The van der Waals surface area contributed by atoms with Crippen LogP contribution >= 0.6 is 0 Å². The van der Waals surface area contributed by atoms with Crippen molar-refractivity contribution < 1.29 is 9.47 Å². The number of hydrogen-bond donors (Lipinski definition) is 2. The Hall–Kier alpha value is -0.160. The topological polar surface area (TPSA) is 70.5 Å². The first-order chi connectivity index (χ1) is 4.69. The van der Waals surface area contributed by atoms with E-state index in [4.69, 9.17) is 20.9 Å². The van der Waals surface area contributed by atoms with Crippen LogP contribution in [0.3, 0.4) is 0 Å². The predicted octanol–water partition coefficient (Wildman–Crippen LogP) is -0.617. The minimum absolute atomic E-state index is 0.203. The van der Waals surface area contributed by atoms with Crippen LogP contribution in [0.15, 0.2) is 0 Å². The van der Waals surface area contributed by atoms with Crippen LogP contribution < -0.4 is 11.5 Å². The molecule has 2 atom stereocenters. The van der Waals surface area contributed by atoms with Gasteiger partial charge < -0.3 is 15.2 Å². The zero-order valence-electron chi connectivity index (χ0n) is 6.17. The van der Waals surface area contributed by atoms with E-state index in [0.29, 0.717) is 6.61 Å². The highest BCUT2D eigenvalue weighted by molar-refractivity contribution is 4.80. The molecule has 0 aromatic heterocycles. The molecular formula is C6H14N2O2. The molecule has 60 valence electrons. The smallest absolute Gasteiger partial charge is 0.240 e. The number of methoxy groups -OCH3 is 1. The standard InChI is InChI=1S/C6H14N2O2/c1-9-6(8)5(7)3-2-4-10-6/h5H,2-4,7-8H2,1H3. The molecule has 10 heavy (non-hydrogen) atoms. The van der Waals surface area contributed by atoms with Crippen LogP contribution in [-0.2, 0) is 9.47 Å². The average Bonchev–Trinajstić information content (AvgIpc) is 1.96. The Morgan fingerprint density at radius 3 is 2.80 bits per heavy atom. The highest BCUT2D eigenvalue weighted by Gasteiger charge is 2.36. The van der Waals surface area contributed by atoms with Crippen LogP contribution in [0, 0.1) is 0 Å². The van der Waals surface area contributed by atoms with E-state index in [1.54, 1.807) is 0 Å². The van der Waals surface area contributed by atoms with Gasteiger partial charge in [0.1, 0.15) is 0 Å². The molecule has 1 saturated heterocycles. The number of hydrogen-bond acceptors (Lipinski definition) is 4. The van der Waals surface area contributed by atoms with Crippen LogP contribution in [0.4, 0.5) is 0 Å². The maximum absolute atomic E-state index is 5.65. The largest absolute Gasteiger partial charge is 0.340 e. The molecule has 1 aliphatic heterocycles. The van der Waals surface area contributed by atoms with Crippen molar-refractivity contribution in [2.45, 2.75) is 24.8 Å². The molecule has 4 nitrogen and oxygen atoms in total. The minimum Gasteiger partial charge on any atom is -0.340 e. The van der Waals surface area contributed by atoms with Gasteiger partial charge in [0.25, 0.3) is 0 Å². The SMILES string of the molecule is COC1(N)OCCCC1N. The summed E-state index contributed by atoms with van der Waals surface area (Å²) in [6.07, 6.45) is 1.83. The third-order valence-electron chi connectivity index (χ3n) is 1.82. The molecule has 1 rings (SSSR count). The maximum atomic E-state index is 5.65. The summed E-state index contributed by atoms with van der Waals surface area (Å²) in [6.45, 7) is 0.637. The molecule has 0 aromatic rings. The first-order valence-corrected chi connectivity index (χ1v) is 3.42. The van der Waals surface area contributed by atoms with E-state index in [1.165, 1.54) is 7.11 Å². The van der Waals surface area contributed by atoms with Crippen LogP contribution in [0.2, 0.25) is 0 Å². The highest BCUT2D eigenvalue weighted by atomic mass is 16.7. The Bertz CT molecular complexity index is 120. The molecule has 1 fully saturated rings. The Kier molecular flexibility index (Phi) is 2.25. The van der Waals surface area contributed by atoms with Gasteiger partial charge in [0.15, 0.2) is 0 Å². The van der Waals surface area contributed by atoms with Gasteiger partial charge in [-0.25, -0.2) is 0 Å². The Labute approximate surface area is 60.5 Å². The fourth-order valence-electron chi connectivity index (χ4n) is 1.05. The van der Waals surface area contributed by atoms with E-state index in [0.717, 1.165) is 12.8 Å². The Balaban J connectivity index is 2.54.